The maximum atomic E-state index is 8.93. The van der Waals surface area contributed by atoms with Gasteiger partial charge in [0.25, 0.3) is 0 Å². The highest BCUT2D eigenvalue weighted by Gasteiger charge is 2.24. The molecule has 5 N–H and O–H groups in total. The van der Waals surface area contributed by atoms with E-state index < -0.39 is 0 Å². The lowest BCUT2D eigenvalue weighted by atomic mass is 10.1. The first-order valence-electron chi connectivity index (χ1n) is 5.84. The van der Waals surface area contributed by atoms with Crippen LogP contribution >= 0.6 is 0 Å². The maximum absolute atomic E-state index is 8.93. The molecule has 0 bridgehead atoms. The molecular weight excluding hydrogens is 230 g/mol. The highest BCUT2D eigenvalue weighted by molar-refractivity contribution is 5.46. The van der Waals surface area contributed by atoms with Crippen LogP contribution in [0.2, 0.25) is 0 Å². The number of nitrogen functional groups attached to an aromatic ring is 1. The van der Waals surface area contributed by atoms with Gasteiger partial charge in [-0.3, -0.25) is 0 Å². The van der Waals surface area contributed by atoms with Crippen molar-refractivity contribution in [1.82, 2.24) is 15.2 Å². The number of aliphatic hydroxyl groups excluding tert-OH is 1. The third-order valence-electron chi connectivity index (χ3n) is 2.96. The van der Waals surface area contributed by atoms with Gasteiger partial charge in [0.15, 0.2) is 0 Å². The number of nitrogens with two attached hydrogens (primary N) is 1. The van der Waals surface area contributed by atoms with Gasteiger partial charge >= 0.3 is 0 Å². The molecule has 0 radical (unpaired) electrons. The second-order valence-electron chi connectivity index (χ2n) is 4.28. The number of nitrogens with one attached hydrogen (secondary N) is 2. The number of nitrogens with zero attached hydrogens (tertiary/aromatic N) is 2. The van der Waals surface area contributed by atoms with E-state index in [4.69, 9.17) is 10.8 Å². The molecule has 2 heterocycles. The van der Waals surface area contributed by atoms with Gasteiger partial charge in [0, 0.05) is 24.8 Å². The zero-order valence-corrected chi connectivity index (χ0v) is 9.80. The molecule has 0 amide bonds. The standard InChI is InChI=1S/C12H15N5O/c13-9-3-1-2-8(6-9)12-15-14-11-7-10(4-5-18)16-17(11)12/h1-3,6-7,12,14-15,18H,4-5,13H2. The molecule has 1 aliphatic heterocycles. The van der Waals surface area contributed by atoms with Crippen molar-refractivity contribution >= 4 is 11.5 Å². The molecule has 0 fully saturated rings. The van der Waals surface area contributed by atoms with Crippen LogP contribution in [0.4, 0.5) is 11.5 Å². The van der Waals surface area contributed by atoms with Gasteiger partial charge in [-0.05, 0) is 17.7 Å². The maximum Gasteiger partial charge on any atom is 0.146 e. The minimum absolute atomic E-state index is 0.0732. The quantitative estimate of drug-likeness (QED) is 0.591. The van der Waals surface area contributed by atoms with Gasteiger partial charge in [0.2, 0.25) is 0 Å². The molecule has 0 aliphatic carbocycles. The smallest absolute Gasteiger partial charge is 0.146 e. The Kier molecular flexibility index (Phi) is 2.66. The third-order valence-corrected chi connectivity index (χ3v) is 2.96. The Morgan fingerprint density at radius 2 is 2.28 bits per heavy atom. The van der Waals surface area contributed by atoms with Crippen LogP contribution in [0.15, 0.2) is 30.3 Å². The molecule has 1 aromatic carbocycles. The van der Waals surface area contributed by atoms with Crippen molar-refractivity contribution in [3.05, 3.63) is 41.6 Å². The highest BCUT2D eigenvalue weighted by Crippen LogP contribution is 2.26. The van der Waals surface area contributed by atoms with Crippen molar-refractivity contribution in [2.45, 2.75) is 12.6 Å². The monoisotopic (exact) mass is 245 g/mol. The van der Waals surface area contributed by atoms with Gasteiger partial charge < -0.3 is 16.3 Å². The third kappa shape index (κ3) is 1.81. The molecule has 18 heavy (non-hydrogen) atoms. The van der Waals surface area contributed by atoms with Crippen LogP contribution in [-0.4, -0.2) is 21.5 Å². The fourth-order valence-corrected chi connectivity index (χ4v) is 2.13. The summed E-state index contributed by atoms with van der Waals surface area (Å²) in [7, 11) is 0. The van der Waals surface area contributed by atoms with E-state index in [1.807, 2.05) is 35.0 Å². The van der Waals surface area contributed by atoms with Crippen molar-refractivity contribution in [3.8, 4) is 0 Å². The lowest BCUT2D eigenvalue weighted by Gasteiger charge is -2.12. The van der Waals surface area contributed by atoms with E-state index in [1.165, 1.54) is 0 Å². The Morgan fingerprint density at radius 3 is 3.06 bits per heavy atom. The number of aliphatic hydroxyl groups is 1. The van der Waals surface area contributed by atoms with Crippen LogP contribution in [0.25, 0.3) is 0 Å². The fraction of sp³-hybridized carbons (Fsp3) is 0.250. The van der Waals surface area contributed by atoms with Gasteiger partial charge in [-0.1, -0.05) is 12.1 Å². The molecular formula is C12H15N5O. The summed E-state index contributed by atoms with van der Waals surface area (Å²) in [5.41, 5.74) is 14.7. The number of benzene rings is 1. The number of anilines is 2. The normalized spacial score (nSPS) is 17.5. The van der Waals surface area contributed by atoms with Crippen molar-refractivity contribution in [3.63, 3.8) is 0 Å². The Labute approximate surface area is 104 Å². The fourth-order valence-electron chi connectivity index (χ4n) is 2.13. The number of rotatable bonds is 3. The molecule has 0 saturated carbocycles. The van der Waals surface area contributed by atoms with Crippen molar-refractivity contribution in [2.24, 2.45) is 0 Å². The van der Waals surface area contributed by atoms with E-state index in [0.717, 1.165) is 22.8 Å². The van der Waals surface area contributed by atoms with Crippen LogP contribution in [0.5, 0.6) is 0 Å². The Balaban J connectivity index is 1.94. The number of hydrazine groups is 1. The molecule has 1 aromatic heterocycles. The molecule has 1 atom stereocenters. The minimum atomic E-state index is -0.0732. The molecule has 6 heteroatoms. The minimum Gasteiger partial charge on any atom is -0.399 e. The van der Waals surface area contributed by atoms with E-state index in [-0.39, 0.29) is 12.8 Å². The summed E-state index contributed by atoms with van der Waals surface area (Å²) in [6.45, 7) is 0.104. The second kappa shape index (κ2) is 4.32. The summed E-state index contributed by atoms with van der Waals surface area (Å²) >= 11 is 0. The van der Waals surface area contributed by atoms with Crippen LogP contribution in [-0.2, 0) is 6.42 Å². The first kappa shape index (κ1) is 11.1. The molecule has 3 rings (SSSR count). The number of hydrogen-bond donors (Lipinski definition) is 4. The Bertz CT molecular complexity index is 565. The number of fused-ring (bicyclic) bond motifs is 1. The summed E-state index contributed by atoms with van der Waals surface area (Å²) in [4.78, 5) is 0. The van der Waals surface area contributed by atoms with Gasteiger partial charge in [-0.15, -0.1) is 0 Å². The summed E-state index contributed by atoms with van der Waals surface area (Å²) in [6.07, 6.45) is 0.488. The van der Waals surface area contributed by atoms with E-state index in [0.29, 0.717) is 6.42 Å². The van der Waals surface area contributed by atoms with Crippen LogP contribution in [0.3, 0.4) is 0 Å². The lowest BCUT2D eigenvalue weighted by Crippen LogP contribution is -2.23. The van der Waals surface area contributed by atoms with Crippen LogP contribution in [0, 0.1) is 0 Å². The lowest BCUT2D eigenvalue weighted by molar-refractivity contribution is 0.297. The first-order valence-corrected chi connectivity index (χ1v) is 5.84. The largest absolute Gasteiger partial charge is 0.399 e. The predicted molar refractivity (Wildman–Crippen MR) is 68.8 cm³/mol. The zero-order chi connectivity index (χ0) is 12.5. The summed E-state index contributed by atoms with van der Waals surface area (Å²) < 4.78 is 1.86. The molecule has 1 aliphatic rings. The summed E-state index contributed by atoms with van der Waals surface area (Å²) in [6, 6.07) is 9.62. The van der Waals surface area contributed by atoms with Gasteiger partial charge in [0.1, 0.15) is 12.0 Å². The Hall–Kier alpha value is -2.05. The molecule has 2 aromatic rings. The average Bonchev–Trinajstić information content (AvgIpc) is 2.88. The van der Waals surface area contributed by atoms with Crippen LogP contribution in [0.1, 0.15) is 17.4 Å². The van der Waals surface area contributed by atoms with E-state index in [9.17, 15) is 0 Å². The first-order chi connectivity index (χ1) is 8.78. The highest BCUT2D eigenvalue weighted by atomic mass is 16.3. The number of aromatic nitrogens is 2. The van der Waals surface area contributed by atoms with E-state index in [2.05, 4.69) is 16.0 Å². The van der Waals surface area contributed by atoms with E-state index in [1.54, 1.807) is 0 Å². The summed E-state index contributed by atoms with van der Waals surface area (Å²) in [5, 5.41) is 13.4. The predicted octanol–water partition coefficient (Wildman–Crippen LogP) is 0.477. The molecule has 6 nitrogen and oxygen atoms in total. The zero-order valence-electron chi connectivity index (χ0n) is 9.80. The SMILES string of the molecule is Nc1cccc(C2NNc3cc(CCO)nn32)c1. The van der Waals surface area contributed by atoms with Crippen molar-refractivity contribution in [2.75, 3.05) is 17.8 Å². The molecule has 0 saturated heterocycles. The second-order valence-corrected chi connectivity index (χ2v) is 4.28. The number of hydrogen-bond acceptors (Lipinski definition) is 5. The van der Waals surface area contributed by atoms with Gasteiger partial charge in [-0.25, -0.2) is 10.1 Å². The topological polar surface area (TPSA) is 88.1 Å². The van der Waals surface area contributed by atoms with Crippen molar-refractivity contribution < 1.29 is 5.11 Å². The summed E-state index contributed by atoms with van der Waals surface area (Å²) in [5.74, 6) is 0.894. The van der Waals surface area contributed by atoms with Gasteiger partial charge in [0.05, 0.1) is 5.69 Å². The average molecular weight is 245 g/mol. The molecule has 94 valence electrons. The Morgan fingerprint density at radius 1 is 1.39 bits per heavy atom. The van der Waals surface area contributed by atoms with E-state index >= 15 is 0 Å². The van der Waals surface area contributed by atoms with Crippen molar-refractivity contribution in [1.29, 1.82) is 0 Å². The molecule has 0 spiro atoms. The van der Waals surface area contributed by atoms with Crippen LogP contribution < -0.4 is 16.6 Å². The molecule has 1 unspecified atom stereocenters. The van der Waals surface area contributed by atoms with Gasteiger partial charge in [-0.2, -0.15) is 5.10 Å².